The van der Waals surface area contributed by atoms with Crippen LogP contribution in [0.25, 0.3) is 0 Å². The molecule has 1 aromatic rings. The van der Waals surface area contributed by atoms with Gasteiger partial charge in [0.1, 0.15) is 0 Å². The summed E-state index contributed by atoms with van der Waals surface area (Å²) in [4.78, 5) is 8.41. The molecule has 0 spiro atoms. The number of hydrogen-bond donors (Lipinski definition) is 1. The van der Waals surface area contributed by atoms with Gasteiger partial charge in [0.2, 0.25) is 0 Å². The third-order valence-corrected chi connectivity index (χ3v) is 5.99. The summed E-state index contributed by atoms with van der Waals surface area (Å²) < 4.78 is 0. The molecule has 112 valence electrons. The van der Waals surface area contributed by atoms with Crippen molar-refractivity contribution >= 4 is 11.3 Å². The van der Waals surface area contributed by atoms with Gasteiger partial charge in [-0.15, -0.1) is 11.3 Å². The third-order valence-electron chi connectivity index (χ3n) is 4.74. The first-order valence-corrected chi connectivity index (χ1v) is 8.89. The molecule has 0 radical (unpaired) electrons. The zero-order valence-corrected chi connectivity index (χ0v) is 13.6. The number of aryl methyl sites for hydroxylation is 1. The van der Waals surface area contributed by atoms with E-state index in [1.807, 2.05) is 11.3 Å². The van der Waals surface area contributed by atoms with E-state index in [2.05, 4.69) is 41.1 Å². The summed E-state index contributed by atoms with van der Waals surface area (Å²) >= 11 is 2.00. The van der Waals surface area contributed by atoms with Crippen molar-refractivity contribution in [2.24, 2.45) is 0 Å². The summed E-state index contributed by atoms with van der Waals surface area (Å²) in [5.41, 5.74) is 0. The molecule has 4 heteroatoms. The molecule has 3 aliphatic rings. The van der Waals surface area contributed by atoms with Crippen molar-refractivity contribution < 1.29 is 0 Å². The van der Waals surface area contributed by atoms with Crippen LogP contribution in [0.1, 0.15) is 23.6 Å². The van der Waals surface area contributed by atoms with Gasteiger partial charge in [-0.1, -0.05) is 13.8 Å². The minimum atomic E-state index is 0.603. The molecule has 0 aliphatic carbocycles. The molecule has 2 bridgehead atoms. The quantitative estimate of drug-likeness (QED) is 0.863. The lowest BCUT2D eigenvalue weighted by Gasteiger charge is -2.50. The maximum atomic E-state index is 3.75. The van der Waals surface area contributed by atoms with E-state index < -0.39 is 0 Å². The molecule has 3 nitrogen and oxygen atoms in total. The highest BCUT2D eigenvalue weighted by Crippen LogP contribution is 2.23. The smallest absolute Gasteiger partial charge is 0.0381 e. The Morgan fingerprint density at radius 2 is 1.95 bits per heavy atom. The van der Waals surface area contributed by atoms with E-state index in [-0.39, 0.29) is 0 Å². The Bertz CT molecular complexity index is 423. The van der Waals surface area contributed by atoms with Gasteiger partial charge in [-0.3, -0.25) is 9.80 Å². The van der Waals surface area contributed by atoms with Crippen LogP contribution in [0, 0.1) is 0 Å². The maximum Gasteiger partial charge on any atom is 0.0381 e. The van der Waals surface area contributed by atoms with E-state index in [1.165, 1.54) is 50.4 Å². The molecule has 3 aliphatic heterocycles. The minimum Gasteiger partial charge on any atom is -0.312 e. The van der Waals surface area contributed by atoms with Crippen molar-refractivity contribution in [3.8, 4) is 0 Å². The second-order valence-corrected chi connectivity index (χ2v) is 7.25. The fourth-order valence-corrected chi connectivity index (χ4v) is 4.60. The lowest BCUT2D eigenvalue weighted by Crippen LogP contribution is -2.66. The number of thiophene rings is 1. The highest BCUT2D eigenvalue weighted by molar-refractivity contribution is 7.11. The van der Waals surface area contributed by atoms with E-state index >= 15 is 0 Å². The van der Waals surface area contributed by atoms with Crippen molar-refractivity contribution in [2.75, 3.05) is 39.3 Å². The molecule has 0 saturated carbocycles. The summed E-state index contributed by atoms with van der Waals surface area (Å²) in [5.74, 6) is 0. The second kappa shape index (κ2) is 6.56. The largest absolute Gasteiger partial charge is 0.312 e. The van der Waals surface area contributed by atoms with Gasteiger partial charge in [-0.25, -0.2) is 0 Å². The topological polar surface area (TPSA) is 18.5 Å². The highest BCUT2D eigenvalue weighted by Gasteiger charge is 2.36. The van der Waals surface area contributed by atoms with Crippen LogP contribution in [-0.4, -0.2) is 61.2 Å². The summed E-state index contributed by atoms with van der Waals surface area (Å²) in [6.45, 7) is 11.9. The summed E-state index contributed by atoms with van der Waals surface area (Å²) in [7, 11) is 0. The van der Waals surface area contributed by atoms with Crippen molar-refractivity contribution in [1.29, 1.82) is 0 Å². The van der Waals surface area contributed by atoms with Gasteiger partial charge in [-0.05, 0) is 31.5 Å². The maximum absolute atomic E-state index is 3.75. The molecular formula is C16H27N3S. The zero-order chi connectivity index (χ0) is 13.9. The minimum absolute atomic E-state index is 0.603. The monoisotopic (exact) mass is 293 g/mol. The molecule has 1 aromatic heterocycles. The van der Waals surface area contributed by atoms with Crippen molar-refractivity contribution in [2.45, 2.75) is 38.8 Å². The van der Waals surface area contributed by atoms with E-state index in [0.29, 0.717) is 12.1 Å². The molecule has 2 atom stereocenters. The molecule has 3 saturated heterocycles. The van der Waals surface area contributed by atoms with Crippen LogP contribution in [-0.2, 0) is 12.8 Å². The Hall–Kier alpha value is -0.420. The number of nitrogens with one attached hydrogen (secondary N) is 1. The van der Waals surface area contributed by atoms with Crippen molar-refractivity contribution in [3.05, 3.63) is 21.9 Å². The Labute approximate surface area is 127 Å². The highest BCUT2D eigenvalue weighted by atomic mass is 32.1. The van der Waals surface area contributed by atoms with E-state index in [9.17, 15) is 0 Å². The molecule has 1 N–H and O–H groups in total. The standard InChI is InChI=1S/C16H27N3S/c1-3-13-5-6-14(20-13)11-15(17-4-2)16-12-18-7-9-19(16)10-8-18/h5-6,15-17H,3-4,7-12H2,1-2H3. The number of hydrogen-bond acceptors (Lipinski definition) is 4. The molecule has 0 amide bonds. The normalized spacial score (nSPS) is 30.6. The molecule has 0 aromatic carbocycles. The Kier molecular flexibility index (Phi) is 4.76. The molecule has 4 heterocycles. The van der Waals surface area contributed by atoms with Crippen LogP contribution < -0.4 is 5.32 Å². The van der Waals surface area contributed by atoms with Crippen LogP contribution in [0.4, 0.5) is 0 Å². The Morgan fingerprint density at radius 1 is 1.20 bits per heavy atom. The average molecular weight is 293 g/mol. The zero-order valence-electron chi connectivity index (χ0n) is 12.8. The lowest BCUT2D eigenvalue weighted by molar-refractivity contribution is -0.00277. The number of likely N-dealkylation sites (N-methyl/N-ethyl adjacent to an activating group) is 1. The molecule has 4 rings (SSSR count). The van der Waals surface area contributed by atoms with Crippen LogP contribution in [0.5, 0.6) is 0 Å². The Morgan fingerprint density at radius 3 is 2.50 bits per heavy atom. The third kappa shape index (κ3) is 3.08. The molecular weight excluding hydrogens is 266 g/mol. The first-order chi connectivity index (χ1) is 9.80. The number of rotatable bonds is 6. The van der Waals surface area contributed by atoms with E-state index in [0.717, 1.165) is 6.54 Å². The Balaban J connectivity index is 1.68. The average Bonchev–Trinajstić information content (AvgIpc) is 2.96. The lowest BCUT2D eigenvalue weighted by atomic mass is 9.97. The van der Waals surface area contributed by atoms with Gasteiger partial charge < -0.3 is 5.32 Å². The van der Waals surface area contributed by atoms with Crippen LogP contribution >= 0.6 is 11.3 Å². The number of nitrogens with zero attached hydrogens (tertiary/aromatic N) is 2. The second-order valence-electron chi connectivity index (χ2n) is 5.99. The SMILES string of the molecule is CCNC(Cc1ccc(CC)s1)C1CN2CCN1CC2. The number of piperazine rings is 3. The van der Waals surface area contributed by atoms with Crippen molar-refractivity contribution in [1.82, 2.24) is 15.1 Å². The predicted octanol–water partition coefficient (Wildman–Crippen LogP) is 1.83. The molecule has 2 unspecified atom stereocenters. The van der Waals surface area contributed by atoms with Crippen LogP contribution in [0.15, 0.2) is 12.1 Å². The van der Waals surface area contributed by atoms with Crippen molar-refractivity contribution in [3.63, 3.8) is 0 Å². The summed E-state index contributed by atoms with van der Waals surface area (Å²) in [6.07, 6.45) is 2.35. The predicted molar refractivity (Wildman–Crippen MR) is 86.7 cm³/mol. The van der Waals surface area contributed by atoms with Gasteiger partial charge in [-0.2, -0.15) is 0 Å². The summed E-state index contributed by atoms with van der Waals surface area (Å²) in [5, 5.41) is 3.75. The number of fused-ring (bicyclic) bond motifs is 3. The first kappa shape index (κ1) is 14.5. The van der Waals surface area contributed by atoms with Crippen LogP contribution in [0.2, 0.25) is 0 Å². The van der Waals surface area contributed by atoms with Gasteiger partial charge in [0, 0.05) is 54.6 Å². The van der Waals surface area contributed by atoms with Gasteiger partial charge in [0.15, 0.2) is 0 Å². The van der Waals surface area contributed by atoms with E-state index in [1.54, 1.807) is 4.88 Å². The first-order valence-electron chi connectivity index (χ1n) is 8.07. The van der Waals surface area contributed by atoms with Crippen LogP contribution in [0.3, 0.4) is 0 Å². The fourth-order valence-electron chi connectivity index (χ4n) is 3.58. The molecule has 3 fully saturated rings. The fraction of sp³-hybridized carbons (Fsp3) is 0.750. The van der Waals surface area contributed by atoms with Gasteiger partial charge in [0.05, 0.1) is 0 Å². The van der Waals surface area contributed by atoms with E-state index in [4.69, 9.17) is 0 Å². The molecule has 20 heavy (non-hydrogen) atoms. The van der Waals surface area contributed by atoms with Gasteiger partial charge >= 0.3 is 0 Å². The van der Waals surface area contributed by atoms with Gasteiger partial charge in [0.25, 0.3) is 0 Å². The summed E-state index contributed by atoms with van der Waals surface area (Å²) in [6, 6.07) is 5.95.